The molecule has 0 saturated carbocycles. The summed E-state index contributed by atoms with van der Waals surface area (Å²) in [6.07, 6.45) is 4.42. The molecule has 16 heavy (non-hydrogen) atoms. The van der Waals surface area contributed by atoms with Crippen molar-refractivity contribution in [1.82, 2.24) is 0 Å². The molecular formula is C14H18O2. The fourth-order valence-corrected chi connectivity index (χ4v) is 2.32. The Labute approximate surface area is 96.6 Å². The van der Waals surface area contributed by atoms with Crippen LogP contribution in [0.2, 0.25) is 0 Å². The molecule has 1 aliphatic carbocycles. The molecule has 0 fully saturated rings. The molecule has 1 aliphatic rings. The normalized spacial score (nSPS) is 19.3. The molecule has 0 aromatic heterocycles. The van der Waals surface area contributed by atoms with Gasteiger partial charge in [0.15, 0.2) is 0 Å². The first-order valence-corrected chi connectivity index (χ1v) is 5.95. The number of hydrogen-bond donors (Lipinski definition) is 0. The Kier molecular flexibility index (Phi) is 3.28. The molecule has 2 heteroatoms. The molecule has 2 nitrogen and oxygen atoms in total. The zero-order chi connectivity index (χ0) is 11.5. The highest BCUT2D eigenvalue weighted by atomic mass is 16.5. The molecule has 1 unspecified atom stereocenters. The average molecular weight is 218 g/mol. The van der Waals surface area contributed by atoms with Gasteiger partial charge in [0.1, 0.15) is 12.0 Å². The van der Waals surface area contributed by atoms with Crippen LogP contribution in [-0.4, -0.2) is 12.4 Å². The minimum atomic E-state index is 0.0943. The highest BCUT2D eigenvalue weighted by molar-refractivity contribution is 5.64. The molecule has 1 aromatic carbocycles. The van der Waals surface area contributed by atoms with Crippen LogP contribution in [0.25, 0.3) is 0 Å². The first kappa shape index (κ1) is 11.2. The lowest BCUT2D eigenvalue weighted by Gasteiger charge is -2.22. The maximum absolute atomic E-state index is 11.0. The second-order valence-corrected chi connectivity index (χ2v) is 4.66. The van der Waals surface area contributed by atoms with Crippen molar-refractivity contribution < 1.29 is 9.53 Å². The highest BCUT2D eigenvalue weighted by Crippen LogP contribution is 2.32. The van der Waals surface area contributed by atoms with Crippen molar-refractivity contribution in [1.29, 1.82) is 0 Å². The Bertz CT molecular complexity index is 382. The number of benzene rings is 1. The van der Waals surface area contributed by atoms with Crippen molar-refractivity contribution in [3.63, 3.8) is 0 Å². The van der Waals surface area contributed by atoms with Crippen molar-refractivity contribution in [3.05, 3.63) is 29.3 Å². The molecule has 0 N–H and O–H groups in total. The molecule has 0 saturated heterocycles. The monoisotopic (exact) mass is 218 g/mol. The lowest BCUT2D eigenvalue weighted by molar-refractivity contribution is -0.109. The van der Waals surface area contributed by atoms with Crippen LogP contribution in [0.3, 0.4) is 0 Å². The predicted octanol–water partition coefficient (Wildman–Crippen LogP) is 3.09. The van der Waals surface area contributed by atoms with E-state index in [-0.39, 0.29) is 12.0 Å². The summed E-state index contributed by atoms with van der Waals surface area (Å²) in [4.78, 5) is 11.0. The van der Waals surface area contributed by atoms with Crippen molar-refractivity contribution in [2.45, 2.75) is 45.1 Å². The summed E-state index contributed by atoms with van der Waals surface area (Å²) in [6.45, 7) is 4.04. The van der Waals surface area contributed by atoms with E-state index in [0.717, 1.165) is 31.3 Å². The minimum Gasteiger partial charge on any atom is -0.491 e. The van der Waals surface area contributed by atoms with E-state index in [4.69, 9.17) is 4.74 Å². The third-order valence-corrected chi connectivity index (χ3v) is 3.01. The number of fused-ring (bicyclic) bond motifs is 1. The van der Waals surface area contributed by atoms with Gasteiger partial charge in [-0.1, -0.05) is 6.07 Å². The van der Waals surface area contributed by atoms with Crippen LogP contribution < -0.4 is 4.74 Å². The second-order valence-electron chi connectivity index (χ2n) is 4.66. The van der Waals surface area contributed by atoms with E-state index in [1.165, 1.54) is 11.1 Å². The van der Waals surface area contributed by atoms with E-state index in [9.17, 15) is 4.79 Å². The predicted molar refractivity (Wildman–Crippen MR) is 63.9 cm³/mol. The van der Waals surface area contributed by atoms with E-state index in [1.54, 1.807) is 0 Å². The molecule has 1 aromatic rings. The van der Waals surface area contributed by atoms with Gasteiger partial charge in [-0.25, -0.2) is 0 Å². The maximum atomic E-state index is 11.0. The molecule has 0 spiro atoms. The van der Waals surface area contributed by atoms with Gasteiger partial charge in [-0.3, -0.25) is 0 Å². The van der Waals surface area contributed by atoms with Gasteiger partial charge >= 0.3 is 0 Å². The van der Waals surface area contributed by atoms with Gasteiger partial charge in [-0.15, -0.1) is 0 Å². The maximum Gasteiger partial charge on any atom is 0.127 e. The van der Waals surface area contributed by atoms with E-state index < -0.39 is 0 Å². The number of carbonyl (C=O) groups excluding carboxylic acids is 1. The summed E-state index contributed by atoms with van der Waals surface area (Å²) in [6, 6.07) is 6.11. The van der Waals surface area contributed by atoms with E-state index in [2.05, 4.69) is 6.07 Å². The fraction of sp³-hybridized carbons (Fsp3) is 0.500. The third-order valence-electron chi connectivity index (χ3n) is 3.01. The summed E-state index contributed by atoms with van der Waals surface area (Å²) in [5, 5.41) is 0. The molecular weight excluding hydrogens is 200 g/mol. The Morgan fingerprint density at radius 2 is 2.25 bits per heavy atom. The first-order valence-electron chi connectivity index (χ1n) is 5.95. The second kappa shape index (κ2) is 4.69. The summed E-state index contributed by atoms with van der Waals surface area (Å²) >= 11 is 0. The highest BCUT2D eigenvalue weighted by Gasteiger charge is 2.19. The van der Waals surface area contributed by atoms with Crippen LogP contribution in [0, 0.1) is 0 Å². The van der Waals surface area contributed by atoms with Crippen LogP contribution in [0.4, 0.5) is 0 Å². The lowest BCUT2D eigenvalue weighted by atomic mass is 9.83. The molecule has 86 valence electrons. The Hall–Kier alpha value is -1.31. The zero-order valence-electron chi connectivity index (χ0n) is 9.90. The smallest absolute Gasteiger partial charge is 0.127 e. The van der Waals surface area contributed by atoms with Crippen molar-refractivity contribution in [3.8, 4) is 5.75 Å². The van der Waals surface area contributed by atoms with Crippen LogP contribution in [0.1, 0.15) is 43.7 Å². The number of hydrogen-bond acceptors (Lipinski definition) is 2. The average Bonchev–Trinajstić information content (AvgIpc) is 2.27. The minimum absolute atomic E-state index is 0.0943. The molecule has 0 bridgehead atoms. The summed E-state index contributed by atoms with van der Waals surface area (Å²) < 4.78 is 5.66. The van der Waals surface area contributed by atoms with Crippen molar-refractivity contribution in [2.75, 3.05) is 0 Å². The van der Waals surface area contributed by atoms with Crippen molar-refractivity contribution in [2.24, 2.45) is 0 Å². The van der Waals surface area contributed by atoms with Gasteiger partial charge in [0.2, 0.25) is 0 Å². The zero-order valence-corrected chi connectivity index (χ0v) is 9.90. The van der Waals surface area contributed by atoms with Crippen LogP contribution in [-0.2, 0) is 11.2 Å². The van der Waals surface area contributed by atoms with E-state index >= 15 is 0 Å². The quantitative estimate of drug-likeness (QED) is 0.729. The van der Waals surface area contributed by atoms with Gasteiger partial charge in [-0.05, 0) is 56.4 Å². The summed E-state index contributed by atoms with van der Waals surface area (Å²) in [7, 11) is 0. The number of aldehydes is 1. The molecule has 0 radical (unpaired) electrons. The fourth-order valence-electron chi connectivity index (χ4n) is 2.32. The van der Waals surface area contributed by atoms with Crippen molar-refractivity contribution >= 4 is 6.29 Å². The first-order chi connectivity index (χ1) is 7.70. The molecule has 0 amide bonds. The standard InChI is InChI=1S/C14H18O2/c1-10(2)16-13-6-7-14-11(8-13)4-3-5-12(14)9-15/h6-10,12H,3-5H2,1-2H3. The Morgan fingerprint density at radius 1 is 1.44 bits per heavy atom. The number of rotatable bonds is 3. The number of carbonyl (C=O) groups is 1. The van der Waals surface area contributed by atoms with Crippen LogP contribution >= 0.6 is 0 Å². The third kappa shape index (κ3) is 2.26. The van der Waals surface area contributed by atoms with Gasteiger partial charge < -0.3 is 9.53 Å². The van der Waals surface area contributed by atoms with Gasteiger partial charge in [-0.2, -0.15) is 0 Å². The van der Waals surface area contributed by atoms with Crippen LogP contribution in [0.5, 0.6) is 5.75 Å². The topological polar surface area (TPSA) is 26.3 Å². The van der Waals surface area contributed by atoms with Crippen LogP contribution in [0.15, 0.2) is 18.2 Å². The molecule has 0 heterocycles. The van der Waals surface area contributed by atoms with Gasteiger partial charge in [0, 0.05) is 5.92 Å². The Balaban J connectivity index is 2.28. The van der Waals surface area contributed by atoms with E-state index in [1.807, 2.05) is 26.0 Å². The SMILES string of the molecule is CC(C)Oc1ccc2c(c1)CCCC2C=O. The van der Waals surface area contributed by atoms with Gasteiger partial charge in [0.05, 0.1) is 6.10 Å². The molecule has 2 rings (SSSR count). The largest absolute Gasteiger partial charge is 0.491 e. The summed E-state index contributed by atoms with van der Waals surface area (Å²) in [5.41, 5.74) is 2.47. The molecule has 0 aliphatic heterocycles. The number of aryl methyl sites for hydroxylation is 1. The lowest BCUT2D eigenvalue weighted by Crippen LogP contribution is -2.12. The summed E-state index contributed by atoms with van der Waals surface area (Å²) in [5.74, 6) is 1.01. The Morgan fingerprint density at radius 3 is 2.94 bits per heavy atom. The van der Waals surface area contributed by atoms with Gasteiger partial charge in [0.25, 0.3) is 0 Å². The van der Waals surface area contributed by atoms with E-state index in [0.29, 0.717) is 0 Å². The number of ether oxygens (including phenoxy) is 1. The molecule has 1 atom stereocenters.